The normalized spacial score (nSPS) is 11.7. The second-order valence-electron chi connectivity index (χ2n) is 12.4. The monoisotopic (exact) mass is 628 g/mol. The number of oxazole rings is 1. The fourth-order valence-corrected chi connectivity index (χ4v) is 7.11. The fraction of sp³-hybridized carbons (Fsp3) is 0. The van der Waals surface area contributed by atoms with Crippen molar-refractivity contribution >= 4 is 71.6 Å². The van der Waals surface area contributed by atoms with Crippen LogP contribution in [0.1, 0.15) is 0 Å². The molecule has 10 rings (SSSR count). The standard InChI is InChI=1S/C45H28N2O2/c1-3-10-31(11-4-1)45-46-40-25-22-30-19-18-29-20-23-36(28-39(29)43(30)44(40)49-45)47(34-13-5-2-6-14-34)35-15-9-12-32(26-35)33-21-24-38-37-16-7-8-17-41(37)48-42(38)27-33/h1-28H. The molecule has 2 aromatic heterocycles. The second kappa shape index (κ2) is 11.0. The van der Waals surface area contributed by atoms with Gasteiger partial charge in [-0.2, -0.15) is 0 Å². The number of benzene rings is 8. The molecular formula is C45H28N2O2. The summed E-state index contributed by atoms with van der Waals surface area (Å²) in [5.41, 5.74) is 9.80. The van der Waals surface area contributed by atoms with Gasteiger partial charge in [-0.1, -0.05) is 97.1 Å². The highest BCUT2D eigenvalue weighted by Crippen LogP contribution is 2.41. The molecule has 0 fully saturated rings. The van der Waals surface area contributed by atoms with Gasteiger partial charge in [-0.25, -0.2) is 4.98 Å². The smallest absolute Gasteiger partial charge is 0.227 e. The number of fused-ring (bicyclic) bond motifs is 8. The number of para-hydroxylation sites is 2. The quantitative estimate of drug-likeness (QED) is 0.178. The van der Waals surface area contributed by atoms with Gasteiger partial charge in [0.25, 0.3) is 0 Å². The van der Waals surface area contributed by atoms with Crippen LogP contribution in [0.4, 0.5) is 17.1 Å². The number of hydrogen-bond donors (Lipinski definition) is 0. The van der Waals surface area contributed by atoms with Crippen LogP contribution in [0.5, 0.6) is 0 Å². The Morgan fingerprint density at radius 3 is 1.98 bits per heavy atom. The molecule has 0 amide bonds. The van der Waals surface area contributed by atoms with E-state index >= 15 is 0 Å². The first-order chi connectivity index (χ1) is 24.3. The van der Waals surface area contributed by atoms with Gasteiger partial charge in [0.15, 0.2) is 5.58 Å². The Labute approximate surface area is 282 Å². The summed E-state index contributed by atoms with van der Waals surface area (Å²) in [7, 11) is 0. The predicted molar refractivity (Wildman–Crippen MR) is 202 cm³/mol. The van der Waals surface area contributed by atoms with E-state index in [0.29, 0.717) is 5.89 Å². The molecule has 10 aromatic rings. The average molecular weight is 629 g/mol. The number of nitrogens with zero attached hydrogens (tertiary/aromatic N) is 2. The Hall–Kier alpha value is -6.65. The van der Waals surface area contributed by atoms with Crippen LogP contribution in [0.15, 0.2) is 179 Å². The largest absolute Gasteiger partial charge is 0.456 e. The number of aromatic nitrogens is 1. The van der Waals surface area contributed by atoms with Crippen molar-refractivity contribution in [2.45, 2.75) is 0 Å². The van der Waals surface area contributed by atoms with Gasteiger partial charge in [0.2, 0.25) is 5.89 Å². The zero-order valence-corrected chi connectivity index (χ0v) is 26.4. The number of anilines is 3. The van der Waals surface area contributed by atoms with E-state index in [1.165, 1.54) is 0 Å². The molecule has 0 bridgehead atoms. The first-order valence-electron chi connectivity index (χ1n) is 16.5. The summed E-state index contributed by atoms with van der Waals surface area (Å²) in [6, 6.07) is 59.3. The third kappa shape index (κ3) is 4.57. The lowest BCUT2D eigenvalue weighted by Crippen LogP contribution is -2.09. The van der Waals surface area contributed by atoms with Crippen LogP contribution in [0.3, 0.4) is 0 Å². The Morgan fingerprint density at radius 2 is 1.08 bits per heavy atom. The minimum atomic E-state index is 0.625. The maximum Gasteiger partial charge on any atom is 0.227 e. The van der Waals surface area contributed by atoms with Gasteiger partial charge >= 0.3 is 0 Å². The van der Waals surface area contributed by atoms with Crippen molar-refractivity contribution in [3.8, 4) is 22.6 Å². The number of furan rings is 1. The molecular weight excluding hydrogens is 601 g/mol. The molecule has 230 valence electrons. The van der Waals surface area contributed by atoms with Gasteiger partial charge < -0.3 is 13.7 Å². The summed E-state index contributed by atoms with van der Waals surface area (Å²) in [6.45, 7) is 0. The Balaban J connectivity index is 1.14. The molecule has 0 radical (unpaired) electrons. The zero-order chi connectivity index (χ0) is 32.3. The fourth-order valence-electron chi connectivity index (χ4n) is 7.11. The summed E-state index contributed by atoms with van der Waals surface area (Å²) in [5.74, 6) is 0.625. The van der Waals surface area contributed by atoms with Crippen molar-refractivity contribution in [2.24, 2.45) is 0 Å². The first-order valence-corrected chi connectivity index (χ1v) is 16.5. The van der Waals surface area contributed by atoms with E-state index in [9.17, 15) is 0 Å². The van der Waals surface area contributed by atoms with Crippen molar-refractivity contribution in [1.82, 2.24) is 4.98 Å². The van der Waals surface area contributed by atoms with Crippen molar-refractivity contribution < 1.29 is 8.83 Å². The van der Waals surface area contributed by atoms with Crippen LogP contribution < -0.4 is 4.90 Å². The predicted octanol–water partition coefficient (Wildman–Crippen LogP) is 12.8. The SMILES string of the molecule is c1ccc(-c2nc3ccc4ccc5ccc(N(c6ccccc6)c6cccc(-c7ccc8c(c7)oc7ccccc78)c6)cc5c4c3o2)cc1. The summed E-state index contributed by atoms with van der Waals surface area (Å²) < 4.78 is 12.8. The summed E-state index contributed by atoms with van der Waals surface area (Å²) in [6.07, 6.45) is 0. The van der Waals surface area contributed by atoms with Crippen LogP contribution in [-0.2, 0) is 0 Å². The first kappa shape index (κ1) is 27.5. The van der Waals surface area contributed by atoms with Gasteiger partial charge in [0.1, 0.15) is 16.7 Å². The molecule has 0 atom stereocenters. The molecule has 0 spiro atoms. The van der Waals surface area contributed by atoms with Gasteiger partial charge in [-0.05, 0) is 100 Å². The Morgan fingerprint density at radius 1 is 0.408 bits per heavy atom. The second-order valence-corrected chi connectivity index (χ2v) is 12.4. The lowest BCUT2D eigenvalue weighted by atomic mass is 9.99. The van der Waals surface area contributed by atoms with E-state index in [-0.39, 0.29) is 0 Å². The van der Waals surface area contributed by atoms with Crippen LogP contribution >= 0.6 is 0 Å². The van der Waals surface area contributed by atoms with E-state index < -0.39 is 0 Å². The van der Waals surface area contributed by atoms with Gasteiger partial charge in [-0.15, -0.1) is 0 Å². The molecule has 4 nitrogen and oxygen atoms in total. The van der Waals surface area contributed by atoms with Crippen molar-refractivity contribution in [3.63, 3.8) is 0 Å². The molecule has 0 saturated heterocycles. The lowest BCUT2D eigenvalue weighted by molar-refractivity contribution is 0.623. The maximum absolute atomic E-state index is 6.53. The molecule has 8 aromatic carbocycles. The lowest BCUT2D eigenvalue weighted by Gasteiger charge is -2.26. The van der Waals surface area contributed by atoms with Crippen molar-refractivity contribution in [3.05, 3.63) is 170 Å². The van der Waals surface area contributed by atoms with Gasteiger partial charge in [0.05, 0.1) is 0 Å². The highest BCUT2D eigenvalue weighted by atomic mass is 16.3. The molecule has 0 aliphatic rings. The highest BCUT2D eigenvalue weighted by molar-refractivity contribution is 6.18. The maximum atomic E-state index is 6.53. The van der Waals surface area contributed by atoms with E-state index in [1.54, 1.807) is 0 Å². The summed E-state index contributed by atoms with van der Waals surface area (Å²) in [5, 5.41) is 6.69. The zero-order valence-electron chi connectivity index (χ0n) is 26.4. The van der Waals surface area contributed by atoms with Crippen LogP contribution in [-0.4, -0.2) is 4.98 Å². The molecule has 0 aliphatic heterocycles. The van der Waals surface area contributed by atoms with E-state index in [2.05, 4.69) is 126 Å². The van der Waals surface area contributed by atoms with Crippen molar-refractivity contribution in [2.75, 3.05) is 4.90 Å². The number of rotatable bonds is 5. The topological polar surface area (TPSA) is 42.4 Å². The minimum Gasteiger partial charge on any atom is -0.456 e. The number of hydrogen-bond acceptors (Lipinski definition) is 4. The Kier molecular flexibility index (Phi) is 6.15. The molecule has 4 heteroatoms. The van der Waals surface area contributed by atoms with Crippen LogP contribution in [0, 0.1) is 0 Å². The molecule has 0 saturated carbocycles. The molecule has 2 heterocycles. The van der Waals surface area contributed by atoms with Crippen LogP contribution in [0.25, 0.3) is 77.2 Å². The van der Waals surface area contributed by atoms with Crippen LogP contribution in [0.2, 0.25) is 0 Å². The molecule has 0 aliphatic carbocycles. The molecule has 49 heavy (non-hydrogen) atoms. The summed E-state index contributed by atoms with van der Waals surface area (Å²) >= 11 is 0. The molecule has 0 N–H and O–H groups in total. The van der Waals surface area contributed by atoms with E-state index in [1.807, 2.05) is 48.5 Å². The van der Waals surface area contributed by atoms with Gasteiger partial charge in [-0.3, -0.25) is 0 Å². The van der Waals surface area contributed by atoms with E-state index in [4.69, 9.17) is 13.8 Å². The molecule has 0 unspecified atom stereocenters. The third-order valence-electron chi connectivity index (χ3n) is 9.45. The Bertz CT molecular complexity index is 2830. The van der Waals surface area contributed by atoms with E-state index in [0.717, 1.165) is 88.3 Å². The minimum absolute atomic E-state index is 0.625. The average Bonchev–Trinajstić information content (AvgIpc) is 3.77. The summed E-state index contributed by atoms with van der Waals surface area (Å²) in [4.78, 5) is 7.20. The highest BCUT2D eigenvalue weighted by Gasteiger charge is 2.18. The third-order valence-corrected chi connectivity index (χ3v) is 9.45. The van der Waals surface area contributed by atoms with Gasteiger partial charge in [0, 0.05) is 38.8 Å². The van der Waals surface area contributed by atoms with Crippen molar-refractivity contribution in [1.29, 1.82) is 0 Å².